The fourth-order valence-corrected chi connectivity index (χ4v) is 1.69. The number of rotatable bonds is 11. The SMILES string of the molecule is CCCCCC(O)C(O)CCCCOCC. The molecule has 0 radical (unpaired) electrons. The fraction of sp³-hybridized carbons (Fsp3) is 1.00. The predicted octanol–water partition coefficient (Wildman–Crippen LogP) is 2.50. The van der Waals surface area contributed by atoms with E-state index in [1.807, 2.05) is 6.92 Å². The van der Waals surface area contributed by atoms with Crippen molar-refractivity contribution >= 4 is 0 Å². The third kappa shape index (κ3) is 9.13. The maximum atomic E-state index is 9.68. The van der Waals surface area contributed by atoms with E-state index in [-0.39, 0.29) is 0 Å². The molecule has 0 aromatic carbocycles. The Hall–Kier alpha value is -0.120. The number of aliphatic hydroxyl groups excluding tert-OH is 2. The summed E-state index contributed by atoms with van der Waals surface area (Å²) in [5, 5.41) is 19.3. The van der Waals surface area contributed by atoms with Gasteiger partial charge in [-0.2, -0.15) is 0 Å². The lowest BCUT2D eigenvalue weighted by molar-refractivity contribution is 0.00605. The number of hydrogen-bond donors (Lipinski definition) is 2. The lowest BCUT2D eigenvalue weighted by Crippen LogP contribution is -2.25. The van der Waals surface area contributed by atoms with Crippen molar-refractivity contribution in [3.63, 3.8) is 0 Å². The molecule has 0 amide bonds. The molecular weight excluding hydrogens is 204 g/mol. The molecule has 0 rings (SSSR count). The zero-order valence-electron chi connectivity index (χ0n) is 10.8. The molecule has 0 aliphatic heterocycles. The first kappa shape index (κ1) is 15.9. The molecule has 2 N–H and O–H groups in total. The lowest BCUT2D eigenvalue weighted by Gasteiger charge is -2.17. The van der Waals surface area contributed by atoms with Crippen LogP contribution in [0.4, 0.5) is 0 Å². The van der Waals surface area contributed by atoms with Gasteiger partial charge in [0.2, 0.25) is 0 Å². The van der Waals surface area contributed by atoms with Crippen molar-refractivity contribution in [2.24, 2.45) is 0 Å². The topological polar surface area (TPSA) is 49.7 Å². The van der Waals surface area contributed by atoms with Gasteiger partial charge >= 0.3 is 0 Å². The Kier molecular flexibility index (Phi) is 11.3. The summed E-state index contributed by atoms with van der Waals surface area (Å²) >= 11 is 0. The Balaban J connectivity index is 3.36. The summed E-state index contributed by atoms with van der Waals surface area (Å²) in [5.74, 6) is 0. The van der Waals surface area contributed by atoms with E-state index in [1.54, 1.807) is 0 Å². The summed E-state index contributed by atoms with van der Waals surface area (Å²) in [6.07, 6.45) is 5.48. The second-order valence-corrected chi connectivity index (χ2v) is 4.32. The van der Waals surface area contributed by atoms with E-state index in [1.165, 1.54) is 0 Å². The molecule has 3 heteroatoms. The van der Waals surface area contributed by atoms with E-state index in [4.69, 9.17) is 4.74 Å². The minimum Gasteiger partial charge on any atom is -0.390 e. The van der Waals surface area contributed by atoms with Gasteiger partial charge in [-0.3, -0.25) is 0 Å². The molecule has 0 heterocycles. The van der Waals surface area contributed by atoms with Crippen LogP contribution in [0.1, 0.15) is 58.8 Å². The van der Waals surface area contributed by atoms with Gasteiger partial charge in [0.25, 0.3) is 0 Å². The molecule has 0 spiro atoms. The van der Waals surface area contributed by atoms with Crippen LogP contribution in [0.15, 0.2) is 0 Å². The molecule has 3 nitrogen and oxygen atoms in total. The summed E-state index contributed by atoms with van der Waals surface area (Å²) in [6.45, 7) is 5.63. The molecule has 2 atom stereocenters. The van der Waals surface area contributed by atoms with Gasteiger partial charge in [-0.25, -0.2) is 0 Å². The Morgan fingerprint density at radius 2 is 1.44 bits per heavy atom. The summed E-state index contributed by atoms with van der Waals surface area (Å²) in [5.41, 5.74) is 0. The smallest absolute Gasteiger partial charge is 0.0799 e. The summed E-state index contributed by atoms with van der Waals surface area (Å²) in [7, 11) is 0. The Morgan fingerprint density at radius 3 is 1.94 bits per heavy atom. The van der Waals surface area contributed by atoms with Crippen LogP contribution >= 0.6 is 0 Å². The van der Waals surface area contributed by atoms with Crippen LogP contribution in [0.25, 0.3) is 0 Å². The highest BCUT2D eigenvalue weighted by atomic mass is 16.5. The number of hydrogen-bond acceptors (Lipinski definition) is 3. The molecule has 16 heavy (non-hydrogen) atoms. The quantitative estimate of drug-likeness (QED) is 0.538. The zero-order chi connectivity index (χ0) is 12.2. The van der Waals surface area contributed by atoms with Crippen molar-refractivity contribution in [2.75, 3.05) is 13.2 Å². The molecule has 0 saturated carbocycles. The molecule has 98 valence electrons. The second-order valence-electron chi connectivity index (χ2n) is 4.32. The van der Waals surface area contributed by atoms with E-state index in [0.717, 1.165) is 51.7 Å². The van der Waals surface area contributed by atoms with Crippen molar-refractivity contribution in [3.05, 3.63) is 0 Å². The number of unbranched alkanes of at least 4 members (excludes halogenated alkanes) is 3. The van der Waals surface area contributed by atoms with Crippen LogP contribution < -0.4 is 0 Å². The van der Waals surface area contributed by atoms with Crippen LogP contribution in [0, 0.1) is 0 Å². The summed E-state index contributed by atoms with van der Waals surface area (Å²) in [4.78, 5) is 0. The molecular formula is C13H28O3. The van der Waals surface area contributed by atoms with Crippen LogP contribution in [0.2, 0.25) is 0 Å². The maximum absolute atomic E-state index is 9.68. The van der Waals surface area contributed by atoms with Gasteiger partial charge in [-0.1, -0.05) is 26.2 Å². The van der Waals surface area contributed by atoms with E-state index in [2.05, 4.69) is 6.92 Å². The van der Waals surface area contributed by atoms with Crippen LogP contribution in [-0.4, -0.2) is 35.6 Å². The fourth-order valence-electron chi connectivity index (χ4n) is 1.69. The highest BCUT2D eigenvalue weighted by Gasteiger charge is 2.14. The Labute approximate surface area is 99.8 Å². The first-order chi connectivity index (χ1) is 7.72. The average molecular weight is 232 g/mol. The first-order valence-electron chi connectivity index (χ1n) is 6.66. The van der Waals surface area contributed by atoms with E-state index in [9.17, 15) is 10.2 Å². The third-order valence-corrected chi connectivity index (χ3v) is 2.79. The Morgan fingerprint density at radius 1 is 0.875 bits per heavy atom. The zero-order valence-corrected chi connectivity index (χ0v) is 10.8. The summed E-state index contributed by atoms with van der Waals surface area (Å²) in [6, 6.07) is 0. The lowest BCUT2D eigenvalue weighted by atomic mass is 10.0. The van der Waals surface area contributed by atoms with Gasteiger partial charge in [0, 0.05) is 13.2 Å². The van der Waals surface area contributed by atoms with Gasteiger partial charge in [0.05, 0.1) is 12.2 Å². The van der Waals surface area contributed by atoms with Gasteiger partial charge in [-0.15, -0.1) is 0 Å². The van der Waals surface area contributed by atoms with Gasteiger partial charge in [0.15, 0.2) is 0 Å². The van der Waals surface area contributed by atoms with Crippen molar-refractivity contribution in [1.82, 2.24) is 0 Å². The van der Waals surface area contributed by atoms with Crippen LogP contribution in [0.3, 0.4) is 0 Å². The molecule has 0 aliphatic carbocycles. The monoisotopic (exact) mass is 232 g/mol. The maximum Gasteiger partial charge on any atom is 0.0799 e. The summed E-state index contributed by atoms with van der Waals surface area (Å²) < 4.78 is 5.21. The number of ether oxygens (including phenoxy) is 1. The van der Waals surface area contributed by atoms with Gasteiger partial charge in [0.1, 0.15) is 0 Å². The molecule has 0 saturated heterocycles. The highest BCUT2D eigenvalue weighted by molar-refractivity contribution is 4.67. The van der Waals surface area contributed by atoms with Gasteiger partial charge < -0.3 is 14.9 Å². The minimum absolute atomic E-state index is 0.543. The standard InChI is InChI=1S/C13H28O3/c1-3-5-6-9-12(14)13(15)10-7-8-11-16-4-2/h12-15H,3-11H2,1-2H3. The van der Waals surface area contributed by atoms with E-state index in [0.29, 0.717) is 6.42 Å². The van der Waals surface area contributed by atoms with E-state index < -0.39 is 12.2 Å². The number of aliphatic hydroxyl groups is 2. The predicted molar refractivity (Wildman–Crippen MR) is 66.5 cm³/mol. The second kappa shape index (κ2) is 11.4. The first-order valence-corrected chi connectivity index (χ1v) is 6.66. The minimum atomic E-state index is -0.557. The molecule has 2 unspecified atom stereocenters. The molecule has 0 aromatic rings. The highest BCUT2D eigenvalue weighted by Crippen LogP contribution is 2.11. The average Bonchev–Trinajstić information content (AvgIpc) is 2.28. The Bertz CT molecular complexity index is 139. The molecule has 0 bridgehead atoms. The molecule has 0 aromatic heterocycles. The van der Waals surface area contributed by atoms with Crippen LogP contribution in [-0.2, 0) is 4.74 Å². The van der Waals surface area contributed by atoms with E-state index >= 15 is 0 Å². The normalized spacial score (nSPS) is 15.0. The van der Waals surface area contributed by atoms with Crippen molar-refractivity contribution in [2.45, 2.75) is 71.0 Å². The van der Waals surface area contributed by atoms with Crippen molar-refractivity contribution < 1.29 is 14.9 Å². The molecule has 0 fully saturated rings. The molecule has 0 aliphatic rings. The third-order valence-electron chi connectivity index (χ3n) is 2.79. The van der Waals surface area contributed by atoms with Crippen molar-refractivity contribution in [1.29, 1.82) is 0 Å². The van der Waals surface area contributed by atoms with Crippen molar-refractivity contribution in [3.8, 4) is 0 Å². The van der Waals surface area contributed by atoms with Crippen LogP contribution in [0.5, 0.6) is 0 Å². The largest absolute Gasteiger partial charge is 0.390 e. The van der Waals surface area contributed by atoms with Gasteiger partial charge in [-0.05, 0) is 32.6 Å².